The fourth-order valence-corrected chi connectivity index (χ4v) is 1.17. The molecule has 0 aromatic carbocycles. The van der Waals surface area contributed by atoms with Gasteiger partial charge in [0.15, 0.2) is 0 Å². The second kappa shape index (κ2) is 9.58. The van der Waals surface area contributed by atoms with E-state index in [1.807, 2.05) is 5.01 Å². The van der Waals surface area contributed by atoms with Crippen molar-refractivity contribution in [1.82, 2.24) is 10.4 Å². The maximum Gasteiger partial charge on any atom is 1.00 e. The summed E-state index contributed by atoms with van der Waals surface area (Å²) >= 11 is 9.54. The first kappa shape index (κ1) is 19.6. The molecule has 0 aromatic heterocycles. The first-order chi connectivity index (χ1) is 4.95. The quantitative estimate of drug-likeness (QED) is 0.255. The van der Waals surface area contributed by atoms with Gasteiger partial charge in [0.1, 0.15) is 0 Å². The normalized spacial score (nSPS) is 9.46. The molecule has 0 aliphatic heterocycles. The van der Waals surface area contributed by atoms with Crippen molar-refractivity contribution in [2.75, 3.05) is 0 Å². The molecule has 0 saturated carbocycles. The third kappa shape index (κ3) is 9.34. The summed E-state index contributed by atoms with van der Waals surface area (Å²) in [4.78, 5) is 0. The van der Waals surface area contributed by atoms with Gasteiger partial charge in [0.2, 0.25) is 0 Å². The van der Waals surface area contributed by atoms with Gasteiger partial charge in [-0.1, -0.05) is 0 Å². The molecule has 0 heterocycles. The Bertz CT molecular complexity index is 136. The second-order valence-corrected chi connectivity index (χ2v) is 4.07. The molecule has 0 unspecified atom stereocenters. The number of hydrogen-bond donors (Lipinski definition) is 1. The smallest absolute Gasteiger partial charge is 0.412 e. The Morgan fingerprint density at radius 2 is 1.54 bits per heavy atom. The summed E-state index contributed by atoms with van der Waals surface area (Å²) in [6, 6.07) is 0.826. The molecule has 0 rings (SSSR count). The second-order valence-electron chi connectivity index (χ2n) is 2.99. The van der Waals surface area contributed by atoms with Gasteiger partial charge in [-0.25, -0.2) is 5.01 Å². The van der Waals surface area contributed by atoms with Gasteiger partial charge in [0.05, 0.1) is 0 Å². The molecule has 0 aliphatic carbocycles. The summed E-state index contributed by atoms with van der Waals surface area (Å²) in [6.07, 6.45) is 0. The minimum atomic E-state index is 0. The largest absolute Gasteiger partial charge is 1.00 e. The van der Waals surface area contributed by atoms with Gasteiger partial charge in [0.25, 0.3) is 0 Å². The zero-order chi connectivity index (χ0) is 9.02. The zero-order valence-electron chi connectivity index (χ0n) is 8.92. The molecular weight excluding hydrogens is 215 g/mol. The summed E-state index contributed by atoms with van der Waals surface area (Å²) in [5.74, 6) is 0. The Labute approximate surface area is 114 Å². The third-order valence-corrected chi connectivity index (χ3v) is 1.52. The molecule has 0 fully saturated rings. The van der Waals surface area contributed by atoms with Crippen molar-refractivity contribution in [2.24, 2.45) is 0 Å². The average Bonchev–Trinajstić information content (AvgIpc) is 1.81. The summed E-state index contributed by atoms with van der Waals surface area (Å²) in [5, 5.41) is 2.04. The van der Waals surface area contributed by atoms with Crippen LogP contribution in [0.5, 0.6) is 0 Å². The van der Waals surface area contributed by atoms with Crippen LogP contribution >= 0.6 is 12.2 Å². The Balaban J connectivity index is -0.000000500. The van der Waals surface area contributed by atoms with E-state index in [1.165, 1.54) is 0 Å². The number of hydrogen-bond acceptors (Lipinski definition) is 3. The molecule has 74 valence electrons. The van der Waals surface area contributed by atoms with E-state index in [-0.39, 0.29) is 35.0 Å². The van der Waals surface area contributed by atoms with Crippen LogP contribution in [0, 0.1) is 0 Å². The van der Waals surface area contributed by atoms with Gasteiger partial charge in [-0.2, -0.15) is 0 Å². The van der Waals surface area contributed by atoms with Gasteiger partial charge < -0.3 is 35.7 Å². The van der Waals surface area contributed by atoms with Gasteiger partial charge >= 0.3 is 29.6 Å². The molecule has 0 saturated heterocycles. The summed E-state index contributed by atoms with van der Waals surface area (Å²) in [6.45, 7) is 8.39. The molecule has 0 aromatic rings. The Kier molecular flexibility index (Phi) is 14.4. The van der Waals surface area contributed by atoms with E-state index in [9.17, 15) is 0 Å². The van der Waals surface area contributed by atoms with E-state index in [2.05, 4.69) is 33.1 Å². The van der Waals surface area contributed by atoms with Crippen LogP contribution in [-0.4, -0.2) is 26.9 Å². The van der Waals surface area contributed by atoms with E-state index in [1.54, 1.807) is 0 Å². The number of hydrazine groups is 1. The molecule has 0 spiro atoms. The van der Waals surface area contributed by atoms with Crippen molar-refractivity contribution in [2.45, 2.75) is 39.8 Å². The van der Waals surface area contributed by atoms with Gasteiger partial charge in [-0.05, 0) is 32.0 Å². The maximum atomic E-state index is 4.77. The summed E-state index contributed by atoms with van der Waals surface area (Å²) < 4.78 is 0.410. The number of thiocarbonyl (C=S) groups is 1. The predicted molar refractivity (Wildman–Crippen MR) is 58.8 cm³/mol. The van der Waals surface area contributed by atoms with E-state index in [0.717, 1.165) is 0 Å². The minimum Gasteiger partial charge on any atom is -0.412 e. The standard InChI is InChI=1S/C7H16N2S2.Na.H2O/c1-5(2)9(6(3)4)8-7(10)11;;/h5-6H,1-4H3,(H2,8,10,11);;1H2/q;+1;/p-1. The van der Waals surface area contributed by atoms with Crippen molar-refractivity contribution in [3.05, 3.63) is 0 Å². The maximum absolute atomic E-state index is 4.77. The SMILES string of the molecule is CC(C)N(NC(=S)[S-])C(C)C.O.[Na+]. The van der Waals surface area contributed by atoms with E-state index in [4.69, 9.17) is 24.8 Å². The van der Waals surface area contributed by atoms with Gasteiger partial charge in [0, 0.05) is 12.1 Å². The first-order valence-electron chi connectivity index (χ1n) is 3.71. The van der Waals surface area contributed by atoms with Crippen molar-refractivity contribution in [3.8, 4) is 0 Å². The number of rotatable bonds is 3. The first-order valence-corrected chi connectivity index (χ1v) is 4.52. The van der Waals surface area contributed by atoms with Gasteiger partial charge in [-0.15, -0.1) is 0 Å². The molecule has 0 radical (unpaired) electrons. The van der Waals surface area contributed by atoms with Crippen LogP contribution < -0.4 is 35.0 Å². The zero-order valence-corrected chi connectivity index (χ0v) is 12.6. The molecule has 6 heteroatoms. The van der Waals surface area contributed by atoms with Crippen LogP contribution in [0.15, 0.2) is 0 Å². The van der Waals surface area contributed by atoms with Crippen LogP contribution in [0.3, 0.4) is 0 Å². The number of nitrogens with one attached hydrogen (secondary N) is 1. The van der Waals surface area contributed by atoms with Crippen molar-refractivity contribution < 1.29 is 35.0 Å². The topological polar surface area (TPSA) is 46.8 Å². The summed E-state index contributed by atoms with van der Waals surface area (Å²) in [5.41, 5.74) is 2.96. The minimum absolute atomic E-state index is 0. The molecular formula is C7H17N2NaOS2. The van der Waals surface area contributed by atoms with Gasteiger partial charge in [-0.3, -0.25) is 0 Å². The van der Waals surface area contributed by atoms with Crippen LogP contribution in [0.1, 0.15) is 27.7 Å². The van der Waals surface area contributed by atoms with Crippen LogP contribution in [0.2, 0.25) is 0 Å². The van der Waals surface area contributed by atoms with E-state index < -0.39 is 0 Å². The summed E-state index contributed by atoms with van der Waals surface area (Å²) in [7, 11) is 0. The average molecular weight is 232 g/mol. The van der Waals surface area contributed by atoms with E-state index in [0.29, 0.717) is 16.4 Å². The molecule has 3 nitrogen and oxygen atoms in total. The Morgan fingerprint density at radius 3 is 1.62 bits per heavy atom. The molecule has 13 heavy (non-hydrogen) atoms. The third-order valence-electron chi connectivity index (χ3n) is 1.33. The van der Waals surface area contributed by atoms with Crippen molar-refractivity contribution in [3.63, 3.8) is 0 Å². The molecule has 3 N–H and O–H groups in total. The van der Waals surface area contributed by atoms with Crippen LogP contribution in [-0.2, 0) is 12.6 Å². The molecule has 0 bridgehead atoms. The van der Waals surface area contributed by atoms with Crippen LogP contribution in [0.25, 0.3) is 0 Å². The van der Waals surface area contributed by atoms with Crippen molar-refractivity contribution in [1.29, 1.82) is 0 Å². The molecule has 0 aliphatic rings. The molecule has 0 amide bonds. The van der Waals surface area contributed by atoms with Crippen LogP contribution in [0.4, 0.5) is 0 Å². The van der Waals surface area contributed by atoms with Crippen molar-refractivity contribution >= 4 is 29.2 Å². The fourth-order valence-electron chi connectivity index (χ4n) is 0.960. The Morgan fingerprint density at radius 1 is 1.23 bits per heavy atom. The number of nitrogens with zero attached hydrogens (tertiary/aromatic N) is 1. The predicted octanol–water partition coefficient (Wildman–Crippen LogP) is -2.38. The fraction of sp³-hybridized carbons (Fsp3) is 0.857. The molecule has 0 atom stereocenters. The monoisotopic (exact) mass is 232 g/mol. The van der Waals surface area contributed by atoms with E-state index >= 15 is 0 Å². The Hall–Kier alpha value is 1.03.